The summed E-state index contributed by atoms with van der Waals surface area (Å²) in [6.45, 7) is 16.5. The molecule has 1 N–H and O–H groups in total. The molecule has 0 saturated carbocycles. The van der Waals surface area contributed by atoms with Crippen LogP contribution in [0.3, 0.4) is 0 Å². The van der Waals surface area contributed by atoms with Gasteiger partial charge in [-0.25, -0.2) is 4.68 Å². The van der Waals surface area contributed by atoms with Gasteiger partial charge in [0.1, 0.15) is 5.82 Å². The number of hydrogen-bond acceptors (Lipinski definition) is 3. The van der Waals surface area contributed by atoms with Crippen molar-refractivity contribution in [1.82, 2.24) is 19.6 Å². The summed E-state index contributed by atoms with van der Waals surface area (Å²) in [6.07, 6.45) is 0.311. The number of amides is 1. The predicted octanol–water partition coefficient (Wildman–Crippen LogP) is 3.47. The van der Waals surface area contributed by atoms with E-state index in [1.165, 1.54) is 0 Å². The van der Waals surface area contributed by atoms with Gasteiger partial charge in [0.15, 0.2) is 0 Å². The van der Waals surface area contributed by atoms with E-state index < -0.39 is 0 Å². The lowest BCUT2D eigenvalue weighted by molar-refractivity contribution is -0.115. The summed E-state index contributed by atoms with van der Waals surface area (Å²) >= 11 is 0. The quantitative estimate of drug-likeness (QED) is 0.926. The molecule has 0 aliphatic rings. The molecule has 6 nitrogen and oxygen atoms in total. The van der Waals surface area contributed by atoms with Crippen molar-refractivity contribution in [3.8, 4) is 0 Å². The van der Waals surface area contributed by atoms with Gasteiger partial charge < -0.3 is 5.32 Å². The van der Waals surface area contributed by atoms with Crippen LogP contribution in [0.4, 0.5) is 5.82 Å². The third-order valence-electron chi connectivity index (χ3n) is 4.38. The van der Waals surface area contributed by atoms with Crippen molar-refractivity contribution in [2.24, 2.45) is 7.05 Å². The maximum absolute atomic E-state index is 12.6. The maximum atomic E-state index is 12.6. The number of nitrogens with zero attached hydrogens (tertiary/aromatic N) is 4. The van der Waals surface area contributed by atoms with E-state index >= 15 is 0 Å². The smallest absolute Gasteiger partial charge is 0.230 e. The fraction of sp³-hybridized carbons (Fsp3) is 0.632. The Bertz CT molecular complexity index is 784. The summed E-state index contributed by atoms with van der Waals surface area (Å²) in [7, 11) is 1.90. The van der Waals surface area contributed by atoms with E-state index in [2.05, 4.69) is 52.0 Å². The average Bonchev–Trinajstić information content (AvgIpc) is 2.96. The molecule has 0 unspecified atom stereocenters. The predicted molar refractivity (Wildman–Crippen MR) is 101 cm³/mol. The summed E-state index contributed by atoms with van der Waals surface area (Å²) in [5, 5.41) is 12.2. The summed E-state index contributed by atoms with van der Waals surface area (Å²) in [5.74, 6) is 0.687. The maximum Gasteiger partial charge on any atom is 0.230 e. The lowest BCUT2D eigenvalue weighted by Gasteiger charge is -2.23. The third kappa shape index (κ3) is 4.11. The molecule has 6 heteroatoms. The van der Waals surface area contributed by atoms with Crippen molar-refractivity contribution in [3.05, 3.63) is 28.7 Å². The Kier molecular flexibility index (Phi) is 4.86. The average molecular weight is 345 g/mol. The molecule has 0 aromatic carbocycles. The Labute approximate surface area is 150 Å². The fourth-order valence-electron chi connectivity index (χ4n) is 2.77. The van der Waals surface area contributed by atoms with Crippen molar-refractivity contribution in [2.75, 3.05) is 5.32 Å². The minimum atomic E-state index is -0.216. The van der Waals surface area contributed by atoms with Crippen LogP contribution in [-0.2, 0) is 29.2 Å². The first-order valence-electron chi connectivity index (χ1n) is 8.70. The second-order valence-electron chi connectivity index (χ2n) is 8.75. The van der Waals surface area contributed by atoms with Crippen molar-refractivity contribution in [3.63, 3.8) is 0 Å². The second kappa shape index (κ2) is 6.32. The van der Waals surface area contributed by atoms with E-state index in [4.69, 9.17) is 5.10 Å². The standard InChI is InChI=1S/C19H31N5O/c1-12-14(13(2)23(9)21-12)10-17(25)20-16-11-15(18(3,4)5)22-24(16)19(6,7)8/h11H,10H2,1-9H3,(H,20,25). The Balaban J connectivity index is 2.30. The van der Waals surface area contributed by atoms with Gasteiger partial charge in [0, 0.05) is 29.8 Å². The molecule has 1 amide bonds. The normalized spacial score (nSPS) is 12.5. The highest BCUT2D eigenvalue weighted by atomic mass is 16.1. The van der Waals surface area contributed by atoms with E-state index in [0.717, 1.165) is 28.5 Å². The van der Waals surface area contributed by atoms with E-state index in [9.17, 15) is 4.79 Å². The number of aromatic nitrogens is 4. The summed E-state index contributed by atoms with van der Waals surface area (Å²) in [6, 6.07) is 1.98. The van der Waals surface area contributed by atoms with Gasteiger partial charge in [0.25, 0.3) is 0 Å². The van der Waals surface area contributed by atoms with Crippen molar-refractivity contribution < 1.29 is 4.79 Å². The molecule has 138 valence electrons. The van der Waals surface area contributed by atoms with Gasteiger partial charge in [-0.3, -0.25) is 9.48 Å². The molecular weight excluding hydrogens is 314 g/mol. The van der Waals surface area contributed by atoms with Crippen LogP contribution in [0.2, 0.25) is 0 Å². The van der Waals surface area contributed by atoms with Gasteiger partial charge >= 0.3 is 0 Å². The topological polar surface area (TPSA) is 64.7 Å². The molecule has 0 spiro atoms. The highest BCUT2D eigenvalue weighted by Crippen LogP contribution is 2.28. The number of carbonyl (C=O) groups is 1. The van der Waals surface area contributed by atoms with E-state index in [-0.39, 0.29) is 16.9 Å². The minimum absolute atomic E-state index is 0.0509. The zero-order valence-corrected chi connectivity index (χ0v) is 17.0. The van der Waals surface area contributed by atoms with Crippen LogP contribution in [0.15, 0.2) is 6.07 Å². The van der Waals surface area contributed by atoms with Crippen LogP contribution in [0, 0.1) is 13.8 Å². The van der Waals surface area contributed by atoms with E-state index in [1.807, 2.05) is 36.3 Å². The Morgan fingerprint density at radius 2 is 1.72 bits per heavy atom. The van der Waals surface area contributed by atoms with E-state index in [1.54, 1.807) is 0 Å². The molecule has 2 aromatic heterocycles. The summed E-state index contributed by atoms with van der Waals surface area (Å²) < 4.78 is 3.71. The van der Waals surface area contributed by atoms with Gasteiger partial charge in [-0.05, 0) is 34.6 Å². The molecule has 2 aromatic rings. The lowest BCUT2D eigenvalue weighted by atomic mass is 9.92. The highest BCUT2D eigenvalue weighted by Gasteiger charge is 2.26. The second-order valence-corrected chi connectivity index (χ2v) is 8.75. The molecule has 0 fully saturated rings. The molecule has 2 rings (SSSR count). The number of anilines is 1. The van der Waals surface area contributed by atoms with Crippen LogP contribution in [0.1, 0.15) is 64.2 Å². The minimum Gasteiger partial charge on any atom is -0.311 e. The number of nitrogens with one attached hydrogen (secondary N) is 1. The first-order valence-corrected chi connectivity index (χ1v) is 8.70. The monoisotopic (exact) mass is 345 g/mol. The van der Waals surface area contributed by atoms with Crippen LogP contribution in [0.25, 0.3) is 0 Å². The van der Waals surface area contributed by atoms with Gasteiger partial charge in [-0.2, -0.15) is 10.2 Å². The first kappa shape index (κ1) is 19.2. The van der Waals surface area contributed by atoms with Gasteiger partial charge in [0.05, 0.1) is 23.3 Å². The van der Waals surface area contributed by atoms with Crippen LogP contribution < -0.4 is 5.32 Å². The lowest BCUT2D eigenvalue weighted by Crippen LogP contribution is -2.27. The third-order valence-corrected chi connectivity index (χ3v) is 4.38. The van der Waals surface area contributed by atoms with Crippen molar-refractivity contribution in [1.29, 1.82) is 0 Å². The summed E-state index contributed by atoms with van der Waals surface area (Å²) in [5.41, 5.74) is 3.57. The van der Waals surface area contributed by atoms with Gasteiger partial charge in [0.2, 0.25) is 5.91 Å². The molecule has 0 atom stereocenters. The van der Waals surface area contributed by atoms with Crippen LogP contribution in [0.5, 0.6) is 0 Å². The van der Waals surface area contributed by atoms with Crippen molar-refractivity contribution in [2.45, 2.75) is 72.8 Å². The molecule has 25 heavy (non-hydrogen) atoms. The number of carbonyl (C=O) groups excluding carboxylic acids is 1. The molecule has 0 saturated heterocycles. The fourth-order valence-corrected chi connectivity index (χ4v) is 2.77. The van der Waals surface area contributed by atoms with Gasteiger partial charge in [-0.15, -0.1) is 0 Å². The number of hydrogen-bond donors (Lipinski definition) is 1. The molecule has 2 heterocycles. The Morgan fingerprint density at radius 1 is 1.12 bits per heavy atom. The zero-order chi connectivity index (χ0) is 19.2. The molecule has 0 aliphatic carbocycles. The van der Waals surface area contributed by atoms with Crippen molar-refractivity contribution >= 4 is 11.7 Å². The Hall–Kier alpha value is -2.11. The zero-order valence-electron chi connectivity index (χ0n) is 17.0. The molecule has 0 aliphatic heterocycles. The number of rotatable bonds is 3. The van der Waals surface area contributed by atoms with Crippen LogP contribution in [-0.4, -0.2) is 25.5 Å². The molecule has 0 radical (unpaired) electrons. The Morgan fingerprint density at radius 3 is 2.16 bits per heavy atom. The largest absolute Gasteiger partial charge is 0.311 e. The highest BCUT2D eigenvalue weighted by molar-refractivity contribution is 5.91. The SMILES string of the molecule is Cc1nn(C)c(C)c1CC(=O)Nc1cc(C(C)(C)C)nn1C(C)(C)C. The number of aryl methyl sites for hydroxylation is 2. The molecular formula is C19H31N5O. The van der Waals surface area contributed by atoms with E-state index in [0.29, 0.717) is 6.42 Å². The first-order chi connectivity index (χ1) is 11.3. The van der Waals surface area contributed by atoms with Gasteiger partial charge in [-0.1, -0.05) is 20.8 Å². The molecule has 0 bridgehead atoms. The van der Waals surface area contributed by atoms with Crippen LogP contribution >= 0.6 is 0 Å². The summed E-state index contributed by atoms with van der Waals surface area (Å²) in [4.78, 5) is 12.6.